The molecule has 0 heterocycles. The van der Waals surface area contributed by atoms with Crippen molar-refractivity contribution >= 4 is 40.9 Å². The number of para-hydroxylation sites is 1. The Morgan fingerprint density at radius 1 is 1.18 bits per heavy atom. The lowest BCUT2D eigenvalue weighted by molar-refractivity contribution is -0.112. The molecular weight excluding hydrogens is 399 g/mol. The molecule has 0 radical (unpaired) electrons. The van der Waals surface area contributed by atoms with Gasteiger partial charge in [-0.3, -0.25) is 4.79 Å². The van der Waals surface area contributed by atoms with E-state index in [9.17, 15) is 10.1 Å². The van der Waals surface area contributed by atoms with Crippen LogP contribution >= 0.6 is 23.2 Å². The average molecular weight is 419 g/mol. The van der Waals surface area contributed by atoms with Gasteiger partial charge in [0.25, 0.3) is 5.91 Å². The molecule has 2 rings (SSSR count). The highest BCUT2D eigenvalue weighted by atomic mass is 35.5. The van der Waals surface area contributed by atoms with Gasteiger partial charge in [-0.15, -0.1) is 0 Å². The molecule has 146 valence electrons. The molecule has 0 aromatic heterocycles. The molecule has 7 heteroatoms. The van der Waals surface area contributed by atoms with Gasteiger partial charge in [0.2, 0.25) is 0 Å². The highest BCUT2D eigenvalue weighted by Gasteiger charge is 2.15. The minimum Gasteiger partial charge on any atom is -0.490 e. The molecule has 0 atom stereocenters. The fourth-order valence-corrected chi connectivity index (χ4v) is 2.93. The summed E-state index contributed by atoms with van der Waals surface area (Å²) in [7, 11) is 0. The molecule has 1 amide bonds. The van der Waals surface area contributed by atoms with Gasteiger partial charge in [0, 0.05) is 21.3 Å². The van der Waals surface area contributed by atoms with E-state index in [0.29, 0.717) is 46.0 Å². The number of halogens is 2. The van der Waals surface area contributed by atoms with Gasteiger partial charge in [-0.25, -0.2) is 0 Å². The van der Waals surface area contributed by atoms with Gasteiger partial charge in [-0.1, -0.05) is 42.3 Å². The molecule has 0 fully saturated rings. The maximum atomic E-state index is 12.5. The zero-order valence-electron chi connectivity index (χ0n) is 15.6. The van der Waals surface area contributed by atoms with Crippen molar-refractivity contribution in [3.05, 3.63) is 57.6 Å². The number of hydrogen-bond donors (Lipinski definition) is 1. The molecule has 0 bridgehead atoms. The maximum Gasteiger partial charge on any atom is 0.266 e. The molecule has 0 saturated heterocycles. The first-order valence-corrected chi connectivity index (χ1v) is 9.51. The van der Waals surface area contributed by atoms with Crippen molar-refractivity contribution in [1.82, 2.24) is 0 Å². The number of anilines is 1. The predicted octanol–water partition coefficient (Wildman–Crippen LogP) is 5.73. The number of rotatable bonds is 8. The third kappa shape index (κ3) is 5.91. The quantitative estimate of drug-likeness (QED) is 0.438. The summed E-state index contributed by atoms with van der Waals surface area (Å²) < 4.78 is 11.4. The second-order valence-corrected chi connectivity index (χ2v) is 6.61. The number of nitrogens with zero attached hydrogens (tertiary/aromatic N) is 1. The van der Waals surface area contributed by atoms with Crippen LogP contribution in [0.2, 0.25) is 10.0 Å². The van der Waals surface area contributed by atoms with Crippen LogP contribution in [0, 0.1) is 11.3 Å². The van der Waals surface area contributed by atoms with Crippen LogP contribution in [0.4, 0.5) is 5.69 Å². The zero-order chi connectivity index (χ0) is 20.5. The summed E-state index contributed by atoms with van der Waals surface area (Å²) in [6.07, 6.45) is 2.28. The van der Waals surface area contributed by atoms with Crippen molar-refractivity contribution in [1.29, 1.82) is 5.26 Å². The standard InChI is InChI=1S/C21H20Cl2N2O3/c1-3-8-28-20-14(6-5-7-19(20)27-4-2)9-15(13-24)21(26)25-18-11-16(22)10-17(23)12-18/h5-7,9-12H,3-4,8H2,1-2H3,(H,25,26)/b15-9+. The minimum atomic E-state index is -0.580. The second kappa shape index (κ2) is 10.6. The molecular formula is C21H20Cl2N2O3. The molecule has 2 aromatic carbocycles. The van der Waals surface area contributed by atoms with Gasteiger partial charge in [0.1, 0.15) is 11.6 Å². The van der Waals surface area contributed by atoms with E-state index in [2.05, 4.69) is 5.32 Å². The fraction of sp³-hybridized carbons (Fsp3) is 0.238. The van der Waals surface area contributed by atoms with Crippen LogP contribution in [-0.4, -0.2) is 19.1 Å². The fourth-order valence-electron chi connectivity index (χ4n) is 2.40. The normalized spacial score (nSPS) is 10.9. The lowest BCUT2D eigenvalue weighted by Gasteiger charge is -2.14. The van der Waals surface area contributed by atoms with Crippen LogP contribution < -0.4 is 14.8 Å². The zero-order valence-corrected chi connectivity index (χ0v) is 17.1. The lowest BCUT2D eigenvalue weighted by atomic mass is 10.1. The molecule has 0 unspecified atom stereocenters. The van der Waals surface area contributed by atoms with Gasteiger partial charge in [-0.2, -0.15) is 5.26 Å². The number of ether oxygens (including phenoxy) is 2. The number of hydrogen-bond acceptors (Lipinski definition) is 4. The highest BCUT2D eigenvalue weighted by Crippen LogP contribution is 2.33. The Morgan fingerprint density at radius 2 is 1.89 bits per heavy atom. The Balaban J connectivity index is 2.36. The predicted molar refractivity (Wildman–Crippen MR) is 112 cm³/mol. The van der Waals surface area contributed by atoms with Crippen molar-refractivity contribution in [2.75, 3.05) is 18.5 Å². The average Bonchev–Trinajstić information content (AvgIpc) is 2.64. The number of carbonyl (C=O) groups excluding carboxylic acids is 1. The maximum absolute atomic E-state index is 12.5. The Morgan fingerprint density at radius 3 is 2.50 bits per heavy atom. The van der Waals surface area contributed by atoms with Crippen molar-refractivity contribution in [2.24, 2.45) is 0 Å². The first-order chi connectivity index (χ1) is 13.5. The smallest absolute Gasteiger partial charge is 0.266 e. The molecule has 2 aromatic rings. The number of nitrogens with one attached hydrogen (secondary N) is 1. The van der Waals surface area contributed by atoms with Gasteiger partial charge in [0.05, 0.1) is 13.2 Å². The van der Waals surface area contributed by atoms with Gasteiger partial charge in [-0.05, 0) is 43.7 Å². The van der Waals surface area contributed by atoms with Gasteiger partial charge in [0.15, 0.2) is 11.5 Å². The Hall–Kier alpha value is -2.68. The Labute approximate surface area is 174 Å². The van der Waals surface area contributed by atoms with E-state index in [4.69, 9.17) is 32.7 Å². The first kappa shape index (κ1) is 21.6. The van der Waals surface area contributed by atoms with E-state index in [1.165, 1.54) is 6.08 Å². The summed E-state index contributed by atoms with van der Waals surface area (Å²) in [6, 6.07) is 11.9. The monoisotopic (exact) mass is 418 g/mol. The molecule has 1 N–H and O–H groups in total. The van der Waals surface area contributed by atoms with E-state index in [1.807, 2.05) is 19.9 Å². The highest BCUT2D eigenvalue weighted by molar-refractivity contribution is 6.35. The van der Waals surface area contributed by atoms with Gasteiger partial charge >= 0.3 is 0 Å². The largest absolute Gasteiger partial charge is 0.490 e. The number of benzene rings is 2. The summed E-state index contributed by atoms with van der Waals surface area (Å²) >= 11 is 11.9. The lowest BCUT2D eigenvalue weighted by Crippen LogP contribution is -2.13. The van der Waals surface area contributed by atoms with Crippen LogP contribution in [0.3, 0.4) is 0 Å². The summed E-state index contributed by atoms with van der Waals surface area (Å²) in [5, 5.41) is 12.9. The molecule has 0 aliphatic carbocycles. The van der Waals surface area contributed by atoms with Crippen molar-refractivity contribution in [3.8, 4) is 17.6 Å². The molecule has 5 nitrogen and oxygen atoms in total. The van der Waals surface area contributed by atoms with Gasteiger partial charge < -0.3 is 14.8 Å². The number of nitriles is 1. The summed E-state index contributed by atoms with van der Waals surface area (Å²) in [6.45, 7) is 4.82. The van der Waals surface area contributed by atoms with E-state index < -0.39 is 5.91 Å². The van der Waals surface area contributed by atoms with Crippen molar-refractivity contribution in [2.45, 2.75) is 20.3 Å². The summed E-state index contributed by atoms with van der Waals surface area (Å²) in [4.78, 5) is 12.5. The molecule has 28 heavy (non-hydrogen) atoms. The number of carbonyl (C=O) groups is 1. The first-order valence-electron chi connectivity index (χ1n) is 8.76. The Kier molecular flexibility index (Phi) is 8.19. The summed E-state index contributed by atoms with van der Waals surface area (Å²) in [5.41, 5.74) is 0.885. The summed E-state index contributed by atoms with van der Waals surface area (Å²) in [5.74, 6) is 0.477. The topological polar surface area (TPSA) is 71.3 Å². The van der Waals surface area contributed by atoms with E-state index in [1.54, 1.807) is 36.4 Å². The number of amides is 1. The third-order valence-electron chi connectivity index (χ3n) is 3.55. The molecule has 0 saturated carbocycles. The Bertz CT molecular complexity index is 900. The minimum absolute atomic E-state index is 0.0916. The van der Waals surface area contributed by atoms with Crippen LogP contribution in [-0.2, 0) is 4.79 Å². The van der Waals surface area contributed by atoms with Crippen molar-refractivity contribution in [3.63, 3.8) is 0 Å². The molecule has 0 aliphatic heterocycles. The van der Waals surface area contributed by atoms with Crippen LogP contribution in [0.15, 0.2) is 42.0 Å². The third-order valence-corrected chi connectivity index (χ3v) is 3.98. The van der Waals surface area contributed by atoms with E-state index in [-0.39, 0.29) is 5.57 Å². The second-order valence-electron chi connectivity index (χ2n) is 5.74. The van der Waals surface area contributed by atoms with E-state index >= 15 is 0 Å². The van der Waals surface area contributed by atoms with E-state index in [0.717, 1.165) is 6.42 Å². The van der Waals surface area contributed by atoms with Crippen LogP contribution in [0.1, 0.15) is 25.8 Å². The molecule has 0 spiro atoms. The van der Waals surface area contributed by atoms with Crippen LogP contribution in [0.5, 0.6) is 11.5 Å². The SMILES string of the molecule is CCCOc1c(/C=C(\C#N)C(=O)Nc2cc(Cl)cc(Cl)c2)cccc1OCC. The van der Waals surface area contributed by atoms with Crippen LogP contribution in [0.25, 0.3) is 6.08 Å². The van der Waals surface area contributed by atoms with Crippen molar-refractivity contribution < 1.29 is 14.3 Å². The molecule has 0 aliphatic rings.